The Morgan fingerprint density at radius 3 is 2.02 bits per heavy atom. The summed E-state index contributed by atoms with van der Waals surface area (Å²) in [5, 5.41) is 26.4. The van der Waals surface area contributed by atoms with E-state index < -0.39 is 5.97 Å². The standard InChI is InChI=1S/C43H59N5O5/c1-7-44-36-26-38-34(23-29(36)5)40(35-24-30(6)37(45-8-2)27-39(35)53-38)32-20-19-31(25-33(32)42(50)51)41(49)46-21-17-15-13-11-9-10-12-14-16-18-22-47-43(52)48-28(3)4/h19-20,23-28,44H,7-18,21-22H2,1-6H3,(H,46,49)(H,50,51)(H2,47,48,52)/p-1. The van der Waals surface area contributed by atoms with Gasteiger partial charge in [-0.15, -0.1) is 0 Å². The number of hydrogen-bond acceptors (Lipinski definition) is 7. The largest absolute Gasteiger partial charge is 0.545 e. The summed E-state index contributed by atoms with van der Waals surface area (Å²) < 4.78 is 6.44. The van der Waals surface area contributed by atoms with Gasteiger partial charge in [-0.05, 0) is 95.3 Å². The minimum Gasteiger partial charge on any atom is -0.545 e. The number of hydrogen-bond donors (Lipinski definition) is 4. The van der Waals surface area contributed by atoms with Crippen molar-refractivity contribution in [1.82, 2.24) is 16.0 Å². The highest BCUT2D eigenvalue weighted by Gasteiger charge is 2.22. The lowest BCUT2D eigenvalue weighted by Gasteiger charge is -2.21. The van der Waals surface area contributed by atoms with Crippen LogP contribution in [0.5, 0.6) is 0 Å². The van der Waals surface area contributed by atoms with Gasteiger partial charge < -0.3 is 35.6 Å². The van der Waals surface area contributed by atoms with Crippen LogP contribution in [0, 0.1) is 13.8 Å². The smallest absolute Gasteiger partial charge is 0.314 e. The van der Waals surface area contributed by atoms with E-state index in [1.807, 2.05) is 65.8 Å². The average Bonchev–Trinajstić information content (AvgIpc) is 3.11. The molecule has 0 spiro atoms. The molecule has 2 aromatic rings. The third kappa shape index (κ3) is 11.6. The van der Waals surface area contributed by atoms with Crippen LogP contribution in [0.25, 0.3) is 33.4 Å². The van der Waals surface area contributed by atoms with E-state index in [0.717, 1.165) is 71.8 Å². The van der Waals surface area contributed by atoms with Gasteiger partial charge >= 0.3 is 6.03 Å². The molecule has 286 valence electrons. The first-order valence-corrected chi connectivity index (χ1v) is 19.5. The number of rotatable bonds is 20. The fraction of sp³-hybridized carbons (Fsp3) is 0.488. The second-order valence-electron chi connectivity index (χ2n) is 14.2. The van der Waals surface area contributed by atoms with E-state index in [0.29, 0.717) is 42.1 Å². The van der Waals surface area contributed by atoms with E-state index in [-0.39, 0.29) is 29.1 Å². The number of nitrogens with one attached hydrogen (secondary N) is 4. The average molecular weight is 725 g/mol. The number of carbonyl (C=O) groups is 3. The summed E-state index contributed by atoms with van der Waals surface area (Å²) in [5.74, 6) is -1.06. The molecule has 10 nitrogen and oxygen atoms in total. The lowest BCUT2D eigenvalue weighted by Crippen LogP contribution is -2.39. The lowest BCUT2D eigenvalue weighted by atomic mass is 9.88. The van der Waals surface area contributed by atoms with Crippen LogP contribution < -0.4 is 31.7 Å². The van der Waals surface area contributed by atoms with Gasteiger partial charge in [0.2, 0.25) is 0 Å². The minimum atomic E-state index is -1.35. The number of anilines is 1. The number of urea groups is 1. The Morgan fingerprint density at radius 2 is 1.42 bits per heavy atom. The van der Waals surface area contributed by atoms with Crippen molar-refractivity contribution in [2.24, 2.45) is 4.99 Å². The number of amides is 3. The summed E-state index contributed by atoms with van der Waals surface area (Å²) in [6, 6.07) is 12.8. The number of carbonyl (C=O) groups excluding carboxylic acids is 3. The molecule has 0 saturated carbocycles. The maximum Gasteiger partial charge on any atom is 0.314 e. The molecule has 53 heavy (non-hydrogen) atoms. The first kappa shape index (κ1) is 40.9. The molecule has 2 aliphatic rings. The monoisotopic (exact) mass is 724 g/mol. The van der Waals surface area contributed by atoms with Gasteiger partial charge in [-0.3, -0.25) is 9.79 Å². The maximum atomic E-state index is 13.2. The van der Waals surface area contributed by atoms with Gasteiger partial charge in [-0.25, -0.2) is 4.79 Å². The van der Waals surface area contributed by atoms with E-state index in [4.69, 9.17) is 4.42 Å². The van der Waals surface area contributed by atoms with E-state index in [9.17, 15) is 19.5 Å². The Labute approximate surface area is 314 Å². The number of aromatic carboxylic acids is 1. The van der Waals surface area contributed by atoms with Crippen molar-refractivity contribution < 1.29 is 23.9 Å². The van der Waals surface area contributed by atoms with Crippen molar-refractivity contribution in [2.45, 2.75) is 112 Å². The molecule has 4 rings (SSSR count). The highest BCUT2D eigenvalue weighted by molar-refractivity contribution is 6.09. The third-order valence-electron chi connectivity index (χ3n) is 9.44. The van der Waals surface area contributed by atoms with Crippen molar-refractivity contribution in [2.75, 3.05) is 31.5 Å². The molecule has 0 saturated heterocycles. The van der Waals surface area contributed by atoms with Crippen LogP contribution in [-0.2, 0) is 0 Å². The number of fused-ring (bicyclic) bond motifs is 2. The molecule has 4 N–H and O–H groups in total. The Morgan fingerprint density at radius 1 is 0.774 bits per heavy atom. The van der Waals surface area contributed by atoms with Gasteiger partial charge in [0.25, 0.3) is 5.91 Å². The Bertz CT molecular complexity index is 1900. The Kier molecular flexibility index (Phi) is 15.7. The highest BCUT2D eigenvalue weighted by Crippen LogP contribution is 2.43. The minimum absolute atomic E-state index is 0.0504. The number of carboxylic acids is 1. The second kappa shape index (κ2) is 20.4. The zero-order chi connectivity index (χ0) is 38.3. The molecule has 0 atom stereocenters. The second-order valence-corrected chi connectivity index (χ2v) is 14.2. The van der Waals surface area contributed by atoms with Crippen LogP contribution in [0.1, 0.15) is 124 Å². The fourth-order valence-electron chi connectivity index (χ4n) is 6.76. The number of benzene rings is 3. The van der Waals surface area contributed by atoms with Crippen molar-refractivity contribution in [3.05, 3.63) is 70.1 Å². The summed E-state index contributed by atoms with van der Waals surface area (Å²) in [7, 11) is 0. The molecule has 0 bridgehead atoms. The van der Waals surface area contributed by atoms with Gasteiger partial charge in [0.05, 0.1) is 11.3 Å². The molecule has 1 aliphatic carbocycles. The predicted octanol–water partition coefficient (Wildman–Crippen LogP) is 7.88. The van der Waals surface area contributed by atoms with E-state index in [1.165, 1.54) is 38.2 Å². The van der Waals surface area contributed by atoms with Gasteiger partial charge in [0.15, 0.2) is 0 Å². The van der Waals surface area contributed by atoms with Crippen molar-refractivity contribution in [3.63, 3.8) is 0 Å². The predicted molar refractivity (Wildman–Crippen MR) is 213 cm³/mol. The summed E-state index contributed by atoms with van der Waals surface area (Å²) >= 11 is 0. The number of nitrogens with zero attached hydrogens (tertiary/aromatic N) is 1. The third-order valence-corrected chi connectivity index (χ3v) is 9.44. The molecule has 10 heteroatoms. The molecule has 0 fully saturated rings. The normalized spacial score (nSPS) is 11.7. The SMILES string of the molecule is CCN=c1cc2oc3cc(NCC)c(C)cc3c(-c3ccc(C(=O)NCCCCCCCCCCCCNC(=O)NC(C)C)cc3C(=O)[O-])c-2cc1C. The molecule has 2 aromatic carbocycles. The zero-order valence-electron chi connectivity index (χ0n) is 32.5. The molecular weight excluding hydrogens is 667 g/mol. The quantitative estimate of drug-likeness (QED) is 0.0539. The van der Waals surface area contributed by atoms with Crippen LogP contribution in [-0.4, -0.2) is 50.1 Å². The summed E-state index contributed by atoms with van der Waals surface area (Å²) in [4.78, 5) is 42.1. The molecule has 0 unspecified atom stereocenters. The maximum absolute atomic E-state index is 13.2. The molecule has 0 aromatic heterocycles. The van der Waals surface area contributed by atoms with Crippen molar-refractivity contribution >= 4 is 34.6 Å². The summed E-state index contributed by atoms with van der Waals surface area (Å²) in [6.45, 7) is 14.5. The Balaban J connectivity index is 1.36. The van der Waals surface area contributed by atoms with Gasteiger partial charge in [-0.2, -0.15) is 0 Å². The van der Waals surface area contributed by atoms with Gasteiger partial charge in [-0.1, -0.05) is 57.4 Å². The molecule has 1 heterocycles. The first-order chi connectivity index (χ1) is 25.5. The number of carboxylic acid groups (broad SMARTS) is 1. The fourth-order valence-corrected chi connectivity index (χ4v) is 6.76. The molecule has 3 amide bonds. The molecule has 1 aliphatic heterocycles. The van der Waals surface area contributed by atoms with E-state index >= 15 is 0 Å². The zero-order valence-corrected chi connectivity index (χ0v) is 32.5. The van der Waals surface area contributed by atoms with Gasteiger partial charge in [0.1, 0.15) is 11.3 Å². The summed E-state index contributed by atoms with van der Waals surface area (Å²) in [5.41, 5.74) is 5.67. The van der Waals surface area contributed by atoms with E-state index in [2.05, 4.69) is 26.3 Å². The van der Waals surface area contributed by atoms with Crippen molar-refractivity contribution in [3.8, 4) is 22.5 Å². The van der Waals surface area contributed by atoms with Crippen molar-refractivity contribution in [1.29, 1.82) is 0 Å². The van der Waals surface area contributed by atoms with Gasteiger partial charge in [0, 0.05) is 77.7 Å². The van der Waals surface area contributed by atoms with Crippen LogP contribution in [0.3, 0.4) is 0 Å². The number of aryl methyl sites for hydroxylation is 2. The van der Waals surface area contributed by atoms with Crippen LogP contribution in [0.15, 0.2) is 51.9 Å². The summed E-state index contributed by atoms with van der Waals surface area (Å²) in [6.07, 6.45) is 11.1. The first-order valence-electron chi connectivity index (χ1n) is 19.5. The Hall–Kier alpha value is -4.86. The molecule has 0 radical (unpaired) electrons. The van der Waals surface area contributed by atoms with E-state index in [1.54, 1.807) is 12.1 Å². The van der Waals surface area contributed by atoms with Crippen LogP contribution in [0.4, 0.5) is 10.5 Å². The topological polar surface area (TPSA) is 148 Å². The van der Waals surface area contributed by atoms with Crippen LogP contribution in [0.2, 0.25) is 0 Å². The highest BCUT2D eigenvalue weighted by atomic mass is 16.4. The van der Waals surface area contributed by atoms with Crippen LogP contribution >= 0.6 is 0 Å². The molecular formula is C43H58N5O5-. The number of unbranched alkanes of at least 4 members (excludes halogenated alkanes) is 9. The lowest BCUT2D eigenvalue weighted by molar-refractivity contribution is -0.254.